The van der Waals surface area contributed by atoms with Gasteiger partial charge in [0.15, 0.2) is 0 Å². The molecule has 1 aliphatic rings. The van der Waals surface area contributed by atoms with Crippen LogP contribution < -0.4 is 5.32 Å². The molecule has 0 spiro atoms. The van der Waals surface area contributed by atoms with Crippen molar-refractivity contribution in [3.8, 4) is 11.1 Å². The third-order valence-electron chi connectivity index (χ3n) is 6.42. The Bertz CT molecular complexity index is 1290. The molecule has 36 heavy (non-hydrogen) atoms. The number of carboxylic acid groups (broad SMARTS) is 1. The zero-order valence-electron chi connectivity index (χ0n) is 19.9. The van der Waals surface area contributed by atoms with Crippen LogP contribution in [0.15, 0.2) is 72.8 Å². The second-order valence-corrected chi connectivity index (χ2v) is 9.50. The van der Waals surface area contributed by atoms with Crippen molar-refractivity contribution < 1.29 is 28.3 Å². The first-order valence-corrected chi connectivity index (χ1v) is 11.5. The molecular weight excluding hydrogens is 466 g/mol. The predicted molar refractivity (Wildman–Crippen MR) is 130 cm³/mol. The van der Waals surface area contributed by atoms with Gasteiger partial charge in [-0.1, -0.05) is 48.5 Å². The third-order valence-corrected chi connectivity index (χ3v) is 6.42. The number of hydrogen-bond donors (Lipinski definition) is 2. The fraction of sp³-hybridized carbons (Fsp3) is 0.250. The average molecular weight is 493 g/mol. The van der Waals surface area contributed by atoms with Gasteiger partial charge in [0.05, 0.1) is 5.56 Å². The zero-order chi connectivity index (χ0) is 26.0. The summed E-state index contributed by atoms with van der Waals surface area (Å²) in [5, 5.41) is 12.3. The van der Waals surface area contributed by atoms with Gasteiger partial charge in [0.25, 0.3) is 5.91 Å². The number of aliphatic carboxylic acids is 1. The molecule has 186 valence electrons. The molecule has 1 fully saturated rings. The van der Waals surface area contributed by atoms with Gasteiger partial charge in [-0.2, -0.15) is 0 Å². The van der Waals surface area contributed by atoms with Gasteiger partial charge >= 0.3 is 5.97 Å². The lowest BCUT2D eigenvalue weighted by molar-refractivity contribution is -0.150. The minimum atomic E-state index is -1.20. The van der Waals surface area contributed by atoms with Gasteiger partial charge in [-0.15, -0.1) is 0 Å². The second-order valence-electron chi connectivity index (χ2n) is 9.50. The van der Waals surface area contributed by atoms with E-state index in [1.807, 2.05) is 30.3 Å². The fourth-order valence-corrected chi connectivity index (χ4v) is 4.74. The maximum atomic E-state index is 14.8. The summed E-state index contributed by atoms with van der Waals surface area (Å²) in [6, 6.07) is 16.8. The lowest BCUT2D eigenvalue weighted by Crippen LogP contribution is -2.54. The van der Waals surface area contributed by atoms with Crippen LogP contribution in [0, 0.1) is 11.6 Å². The monoisotopic (exact) mass is 492 g/mol. The smallest absolute Gasteiger partial charge is 0.326 e. The molecule has 4 rings (SSSR count). The summed E-state index contributed by atoms with van der Waals surface area (Å²) >= 11 is 0. The van der Waals surface area contributed by atoms with Crippen LogP contribution in [0.4, 0.5) is 8.78 Å². The van der Waals surface area contributed by atoms with Crippen LogP contribution in [0.5, 0.6) is 0 Å². The largest absolute Gasteiger partial charge is 0.480 e. The third kappa shape index (κ3) is 5.12. The van der Waals surface area contributed by atoms with Crippen molar-refractivity contribution in [3.63, 3.8) is 0 Å². The van der Waals surface area contributed by atoms with E-state index in [1.165, 1.54) is 29.2 Å². The molecule has 3 aromatic carbocycles. The van der Waals surface area contributed by atoms with Crippen LogP contribution in [-0.4, -0.2) is 45.4 Å². The molecule has 1 heterocycles. The van der Waals surface area contributed by atoms with Gasteiger partial charge in [0.2, 0.25) is 5.91 Å². The number of nitrogens with one attached hydrogen (secondary N) is 1. The van der Waals surface area contributed by atoms with Crippen LogP contribution in [0.1, 0.15) is 36.2 Å². The highest BCUT2D eigenvalue weighted by molar-refractivity contribution is 6.00. The number of nitrogens with zero attached hydrogens (tertiary/aromatic N) is 1. The zero-order valence-corrected chi connectivity index (χ0v) is 19.9. The van der Waals surface area contributed by atoms with Gasteiger partial charge < -0.3 is 15.3 Å². The molecule has 0 radical (unpaired) electrons. The Hall–Kier alpha value is -4.07. The van der Waals surface area contributed by atoms with Crippen molar-refractivity contribution in [2.24, 2.45) is 0 Å². The van der Waals surface area contributed by atoms with E-state index < -0.39 is 47.0 Å². The van der Waals surface area contributed by atoms with E-state index in [-0.39, 0.29) is 18.4 Å². The van der Waals surface area contributed by atoms with Crippen molar-refractivity contribution in [2.75, 3.05) is 0 Å². The Morgan fingerprint density at radius 3 is 2.28 bits per heavy atom. The van der Waals surface area contributed by atoms with E-state index >= 15 is 0 Å². The lowest BCUT2D eigenvalue weighted by Gasteiger charge is -2.38. The highest BCUT2D eigenvalue weighted by Crippen LogP contribution is 2.32. The first-order chi connectivity index (χ1) is 17.1. The summed E-state index contributed by atoms with van der Waals surface area (Å²) in [6.07, 6.45) is 0.121. The summed E-state index contributed by atoms with van der Waals surface area (Å²) in [4.78, 5) is 39.4. The first-order valence-electron chi connectivity index (χ1n) is 11.5. The molecule has 2 amide bonds. The number of benzene rings is 3. The maximum Gasteiger partial charge on any atom is 0.326 e. The van der Waals surface area contributed by atoms with E-state index in [1.54, 1.807) is 32.0 Å². The topological polar surface area (TPSA) is 86.7 Å². The van der Waals surface area contributed by atoms with Gasteiger partial charge in [0, 0.05) is 12.0 Å². The summed E-state index contributed by atoms with van der Waals surface area (Å²) in [7, 11) is 0. The molecule has 0 bridgehead atoms. The summed E-state index contributed by atoms with van der Waals surface area (Å²) in [5.41, 5.74) is 0.934. The van der Waals surface area contributed by atoms with E-state index in [4.69, 9.17) is 0 Å². The Kier molecular flexibility index (Phi) is 6.88. The van der Waals surface area contributed by atoms with E-state index in [2.05, 4.69) is 5.32 Å². The molecule has 8 heteroatoms. The molecular formula is C28H26F2N2O4. The van der Waals surface area contributed by atoms with Crippen LogP contribution >= 0.6 is 0 Å². The van der Waals surface area contributed by atoms with Gasteiger partial charge in [-0.05, 0) is 61.2 Å². The molecule has 6 nitrogen and oxygen atoms in total. The Balaban J connectivity index is 1.53. The highest BCUT2D eigenvalue weighted by Gasteiger charge is 2.50. The van der Waals surface area contributed by atoms with Crippen LogP contribution in [0.3, 0.4) is 0 Å². The Morgan fingerprint density at radius 1 is 1.00 bits per heavy atom. The number of carbonyl (C=O) groups excluding carboxylic acids is 2. The van der Waals surface area contributed by atoms with Crippen molar-refractivity contribution >= 4 is 17.8 Å². The molecule has 0 saturated carbocycles. The fourth-order valence-electron chi connectivity index (χ4n) is 4.74. The Labute approximate surface area is 207 Å². The van der Waals surface area contributed by atoms with Gasteiger partial charge in [0.1, 0.15) is 23.7 Å². The van der Waals surface area contributed by atoms with Crippen molar-refractivity contribution in [1.29, 1.82) is 0 Å². The first kappa shape index (κ1) is 25.0. The molecule has 1 aliphatic heterocycles. The predicted octanol–water partition coefficient (Wildman–Crippen LogP) is 4.44. The quantitative estimate of drug-likeness (QED) is 0.511. The standard InChI is InChI=1S/C28H26F2N2O4/c1-28(2,16-17-8-11-20(29)12-9-17)32-24(27(35)36)15-23(26(32)34)31-25(33)21-13-10-19(14-22(21)30)18-6-4-3-5-7-18/h3-14,23-24H,15-16H2,1-2H3,(H,31,33)(H,35,36)/t23-,24-/m0/s1. The second kappa shape index (κ2) is 9.89. The molecule has 3 aromatic rings. The van der Waals surface area contributed by atoms with Gasteiger partial charge in [-0.25, -0.2) is 13.6 Å². The summed E-state index contributed by atoms with van der Waals surface area (Å²) in [6.45, 7) is 3.44. The van der Waals surface area contributed by atoms with Crippen molar-refractivity contribution in [1.82, 2.24) is 10.2 Å². The number of halogens is 2. The van der Waals surface area contributed by atoms with Crippen LogP contribution in [0.2, 0.25) is 0 Å². The van der Waals surface area contributed by atoms with Gasteiger partial charge in [-0.3, -0.25) is 9.59 Å². The number of likely N-dealkylation sites (tertiary alicyclic amines) is 1. The summed E-state index contributed by atoms with van der Waals surface area (Å²) in [5.74, 6) is -3.71. The maximum absolute atomic E-state index is 14.8. The minimum Gasteiger partial charge on any atom is -0.480 e. The van der Waals surface area contributed by atoms with E-state index in [9.17, 15) is 28.3 Å². The number of carboxylic acids is 1. The molecule has 0 aliphatic carbocycles. The number of rotatable bonds is 7. The molecule has 2 N–H and O–H groups in total. The highest BCUT2D eigenvalue weighted by atomic mass is 19.1. The molecule has 0 aromatic heterocycles. The normalized spacial score (nSPS) is 17.8. The number of carbonyl (C=O) groups is 3. The SMILES string of the molecule is CC(C)(Cc1ccc(F)cc1)N1C(=O)[C@@H](NC(=O)c2ccc(-c3ccccc3)cc2F)C[C@H]1C(=O)O. The molecule has 2 atom stereocenters. The molecule has 0 unspecified atom stereocenters. The molecule has 1 saturated heterocycles. The van der Waals surface area contributed by atoms with E-state index in [0.717, 1.165) is 11.1 Å². The van der Waals surface area contributed by atoms with Crippen LogP contribution in [0.25, 0.3) is 11.1 Å². The van der Waals surface area contributed by atoms with Crippen LogP contribution in [-0.2, 0) is 16.0 Å². The van der Waals surface area contributed by atoms with Crippen molar-refractivity contribution in [2.45, 2.75) is 44.3 Å². The van der Waals surface area contributed by atoms with E-state index in [0.29, 0.717) is 5.56 Å². The lowest BCUT2D eigenvalue weighted by atomic mass is 9.92. The summed E-state index contributed by atoms with van der Waals surface area (Å²) < 4.78 is 28.1. The Morgan fingerprint density at radius 2 is 1.67 bits per heavy atom. The average Bonchev–Trinajstić information content (AvgIpc) is 3.18. The number of amides is 2. The van der Waals surface area contributed by atoms with Crippen molar-refractivity contribution in [3.05, 3.63) is 95.6 Å². The number of hydrogen-bond acceptors (Lipinski definition) is 3. The minimum absolute atomic E-state index is 0.156.